The summed E-state index contributed by atoms with van der Waals surface area (Å²) in [5.41, 5.74) is 4.20. The van der Waals surface area contributed by atoms with E-state index in [1.165, 1.54) is 0 Å². The van der Waals surface area contributed by atoms with E-state index in [4.69, 9.17) is 19.2 Å². The number of hydrogen-bond acceptors (Lipinski definition) is 5. The predicted molar refractivity (Wildman–Crippen MR) is 153 cm³/mol. The van der Waals surface area contributed by atoms with Gasteiger partial charge in [0.2, 0.25) is 5.91 Å². The summed E-state index contributed by atoms with van der Waals surface area (Å²) >= 11 is 0. The third-order valence-electron chi connectivity index (χ3n) is 7.13. The van der Waals surface area contributed by atoms with E-state index in [2.05, 4.69) is 10.6 Å². The summed E-state index contributed by atoms with van der Waals surface area (Å²) in [5, 5.41) is 0. The predicted octanol–water partition coefficient (Wildman–Crippen LogP) is 6.07. The number of carbonyl (C=O) groups excluding carboxylic acids is 1. The van der Waals surface area contributed by atoms with Crippen LogP contribution in [-0.2, 0) is 17.9 Å². The van der Waals surface area contributed by atoms with Crippen LogP contribution in [0, 0.1) is 0 Å². The highest BCUT2D eigenvalue weighted by molar-refractivity contribution is 5.81. The molecule has 0 spiro atoms. The number of para-hydroxylation sites is 2. The number of benzene rings is 3. The first-order valence-electron chi connectivity index (χ1n) is 13.4. The van der Waals surface area contributed by atoms with E-state index in [0.29, 0.717) is 26.1 Å². The van der Waals surface area contributed by atoms with Gasteiger partial charge in [-0.05, 0) is 60.9 Å². The Morgan fingerprint density at radius 2 is 1.82 bits per heavy atom. The van der Waals surface area contributed by atoms with E-state index in [1.54, 1.807) is 14.2 Å². The third-order valence-corrected chi connectivity index (χ3v) is 7.13. The topological polar surface area (TPSA) is 65.8 Å². The molecule has 1 aliphatic rings. The van der Waals surface area contributed by atoms with Gasteiger partial charge in [-0.2, -0.15) is 0 Å². The van der Waals surface area contributed by atoms with Crippen LogP contribution in [0.4, 0.5) is 0 Å². The second-order valence-electron chi connectivity index (χ2n) is 9.75. The van der Waals surface area contributed by atoms with Crippen LogP contribution in [0.1, 0.15) is 42.6 Å². The minimum Gasteiger partial charge on any atom is -0.497 e. The number of hydrogen-bond donors (Lipinski definition) is 0. The molecule has 1 fully saturated rings. The molecular weight excluding hydrogens is 490 g/mol. The van der Waals surface area contributed by atoms with Crippen LogP contribution >= 0.6 is 0 Å². The maximum Gasteiger partial charge on any atom is 0.223 e. The van der Waals surface area contributed by atoms with Crippen molar-refractivity contribution in [1.82, 2.24) is 14.5 Å². The molecule has 0 saturated carbocycles. The molecule has 0 N–H and O–H groups in total. The number of imidazole rings is 1. The number of allylic oxidation sites excluding steroid dienone is 1. The highest BCUT2D eigenvalue weighted by atomic mass is 16.5. The zero-order valence-electron chi connectivity index (χ0n) is 22.8. The average Bonchev–Trinajstić information content (AvgIpc) is 3.52. The number of aryl methyl sites for hydroxylation is 1. The van der Waals surface area contributed by atoms with Gasteiger partial charge in [0, 0.05) is 32.0 Å². The zero-order chi connectivity index (χ0) is 27.2. The molecule has 0 bridgehead atoms. The highest BCUT2D eigenvalue weighted by Gasteiger charge is 2.34. The molecule has 1 unspecified atom stereocenters. The van der Waals surface area contributed by atoms with Crippen LogP contribution in [0.3, 0.4) is 0 Å². The summed E-state index contributed by atoms with van der Waals surface area (Å²) in [7, 11) is 3.31. The van der Waals surface area contributed by atoms with E-state index < -0.39 is 0 Å². The number of nitrogens with zero attached hydrogens (tertiary/aromatic N) is 3. The molecule has 2 heterocycles. The van der Waals surface area contributed by atoms with Gasteiger partial charge in [0.05, 0.1) is 31.9 Å². The van der Waals surface area contributed by atoms with E-state index in [9.17, 15) is 4.79 Å². The van der Waals surface area contributed by atoms with E-state index >= 15 is 0 Å². The van der Waals surface area contributed by atoms with Gasteiger partial charge >= 0.3 is 0 Å². The van der Waals surface area contributed by atoms with Crippen molar-refractivity contribution in [2.45, 2.75) is 38.8 Å². The van der Waals surface area contributed by atoms with Crippen LogP contribution in [0.5, 0.6) is 17.2 Å². The largest absolute Gasteiger partial charge is 0.497 e. The number of ether oxygens (including phenoxy) is 3. The Morgan fingerprint density at radius 3 is 2.59 bits per heavy atom. The number of carbonyl (C=O) groups is 1. The van der Waals surface area contributed by atoms with E-state index in [1.807, 2.05) is 84.6 Å². The molecule has 202 valence electrons. The Hall–Kier alpha value is -4.26. The summed E-state index contributed by atoms with van der Waals surface area (Å²) in [5.74, 6) is 3.44. The Bertz CT molecular complexity index is 1460. The van der Waals surface area contributed by atoms with Crippen molar-refractivity contribution in [2.75, 3.05) is 27.4 Å². The van der Waals surface area contributed by atoms with Crippen molar-refractivity contribution < 1.29 is 19.0 Å². The standard InChI is InChI=1S/C32H35N3O4/c1-4-8-23-13-16-29(30(19-23)38-3)39-18-7-17-35-28-10-6-5-9-27(28)33-32(35)25-20-31(36)34(22-25)21-24-11-14-26(37-2)15-12-24/h4-6,8-16,19,25H,7,17-18,20-22H2,1-3H3/b8-4+. The molecule has 1 amide bonds. The summed E-state index contributed by atoms with van der Waals surface area (Å²) in [6, 6.07) is 22.0. The van der Waals surface area contributed by atoms with Gasteiger partial charge in [0.25, 0.3) is 0 Å². The average molecular weight is 526 g/mol. The van der Waals surface area contributed by atoms with Gasteiger partial charge in [-0.3, -0.25) is 4.79 Å². The van der Waals surface area contributed by atoms with Gasteiger partial charge in [0.15, 0.2) is 11.5 Å². The lowest BCUT2D eigenvalue weighted by Gasteiger charge is -2.18. The van der Waals surface area contributed by atoms with Gasteiger partial charge in [-0.1, -0.05) is 42.5 Å². The molecule has 0 aliphatic carbocycles. The molecular formula is C32H35N3O4. The first kappa shape index (κ1) is 26.4. The number of fused-ring (bicyclic) bond motifs is 1. The Morgan fingerprint density at radius 1 is 1.00 bits per heavy atom. The molecule has 1 saturated heterocycles. The maximum atomic E-state index is 13.0. The first-order valence-corrected chi connectivity index (χ1v) is 13.4. The van der Waals surface area contributed by atoms with E-state index in [-0.39, 0.29) is 11.8 Å². The number of methoxy groups -OCH3 is 2. The van der Waals surface area contributed by atoms with Crippen molar-refractivity contribution in [3.05, 3.63) is 89.8 Å². The summed E-state index contributed by atoms with van der Waals surface area (Å²) in [4.78, 5) is 19.9. The molecule has 39 heavy (non-hydrogen) atoms. The lowest BCUT2D eigenvalue weighted by atomic mass is 10.1. The van der Waals surface area contributed by atoms with Crippen molar-refractivity contribution >= 4 is 23.0 Å². The fraction of sp³-hybridized carbons (Fsp3) is 0.312. The minimum absolute atomic E-state index is 0.0447. The highest BCUT2D eigenvalue weighted by Crippen LogP contribution is 2.32. The summed E-state index contributed by atoms with van der Waals surface area (Å²) < 4.78 is 19.2. The number of aromatic nitrogens is 2. The molecule has 3 aromatic carbocycles. The van der Waals surface area contributed by atoms with Crippen LogP contribution < -0.4 is 14.2 Å². The van der Waals surface area contributed by atoms with Crippen molar-refractivity contribution in [3.8, 4) is 17.2 Å². The third kappa shape index (κ3) is 5.93. The second kappa shape index (κ2) is 12.1. The van der Waals surface area contributed by atoms with Crippen LogP contribution in [0.25, 0.3) is 17.1 Å². The lowest BCUT2D eigenvalue weighted by molar-refractivity contribution is -0.128. The molecule has 1 aliphatic heterocycles. The first-order chi connectivity index (χ1) is 19.1. The van der Waals surface area contributed by atoms with Crippen molar-refractivity contribution in [2.24, 2.45) is 0 Å². The van der Waals surface area contributed by atoms with Gasteiger partial charge in [0.1, 0.15) is 11.6 Å². The maximum absolute atomic E-state index is 13.0. The SMILES string of the molecule is C/C=C/c1ccc(OCCCn2c(C3CC(=O)N(Cc4ccc(OC)cc4)C3)nc3ccccc32)c(OC)c1. The molecule has 1 atom stereocenters. The van der Waals surface area contributed by atoms with Crippen LogP contribution in [0.15, 0.2) is 72.8 Å². The van der Waals surface area contributed by atoms with Crippen LogP contribution in [-0.4, -0.2) is 47.7 Å². The summed E-state index contributed by atoms with van der Waals surface area (Å²) in [6.07, 6.45) is 5.29. The fourth-order valence-corrected chi connectivity index (χ4v) is 5.19. The molecule has 7 nitrogen and oxygen atoms in total. The van der Waals surface area contributed by atoms with Gasteiger partial charge in [-0.15, -0.1) is 0 Å². The monoisotopic (exact) mass is 525 g/mol. The van der Waals surface area contributed by atoms with Gasteiger partial charge in [-0.25, -0.2) is 4.98 Å². The quantitative estimate of drug-likeness (QED) is 0.222. The second-order valence-corrected chi connectivity index (χ2v) is 9.75. The number of likely N-dealkylation sites (tertiary alicyclic amines) is 1. The Kier molecular flexibility index (Phi) is 8.16. The van der Waals surface area contributed by atoms with E-state index in [0.717, 1.165) is 58.2 Å². The molecule has 1 aromatic heterocycles. The smallest absolute Gasteiger partial charge is 0.223 e. The lowest BCUT2D eigenvalue weighted by Crippen LogP contribution is -2.24. The zero-order valence-corrected chi connectivity index (χ0v) is 22.8. The molecule has 4 aromatic rings. The van der Waals surface area contributed by atoms with Crippen molar-refractivity contribution in [1.29, 1.82) is 0 Å². The molecule has 0 radical (unpaired) electrons. The van der Waals surface area contributed by atoms with Gasteiger partial charge < -0.3 is 23.7 Å². The van der Waals surface area contributed by atoms with Crippen LogP contribution in [0.2, 0.25) is 0 Å². The number of amides is 1. The minimum atomic E-state index is 0.0447. The summed E-state index contributed by atoms with van der Waals surface area (Å²) in [6.45, 7) is 4.52. The van der Waals surface area contributed by atoms with Crippen molar-refractivity contribution in [3.63, 3.8) is 0 Å². The normalized spacial score (nSPS) is 15.4. The number of rotatable bonds is 11. The fourth-order valence-electron chi connectivity index (χ4n) is 5.19. The Balaban J connectivity index is 1.28. The molecule has 7 heteroatoms. The Labute approximate surface area is 229 Å². The molecule has 5 rings (SSSR count).